The van der Waals surface area contributed by atoms with Gasteiger partial charge in [0.25, 0.3) is 11.8 Å². The molecule has 0 aromatic heterocycles. The van der Waals surface area contributed by atoms with Gasteiger partial charge in [-0.15, -0.1) is 0 Å². The van der Waals surface area contributed by atoms with E-state index in [0.717, 1.165) is 0 Å². The van der Waals surface area contributed by atoms with Crippen LogP contribution >= 0.6 is 0 Å². The largest absolute Gasteiger partial charge is 0.466 e. The van der Waals surface area contributed by atoms with E-state index >= 15 is 0 Å². The zero-order valence-corrected chi connectivity index (χ0v) is 15.1. The van der Waals surface area contributed by atoms with Gasteiger partial charge >= 0.3 is 12.0 Å². The summed E-state index contributed by atoms with van der Waals surface area (Å²) in [5.41, 5.74) is 1.01. The molecule has 2 rings (SSSR count). The highest BCUT2D eigenvalue weighted by atomic mass is 16.5. The summed E-state index contributed by atoms with van der Waals surface area (Å²) in [7, 11) is 0. The van der Waals surface area contributed by atoms with Crippen LogP contribution in [0, 0.1) is 5.92 Å². The number of amides is 4. The molecule has 0 fully saturated rings. The van der Waals surface area contributed by atoms with E-state index in [4.69, 9.17) is 4.74 Å². The minimum absolute atomic E-state index is 0.0720. The third-order valence-electron chi connectivity index (χ3n) is 3.70. The van der Waals surface area contributed by atoms with Crippen molar-refractivity contribution in [2.75, 3.05) is 25.0 Å². The highest BCUT2D eigenvalue weighted by molar-refractivity contribution is 6.21. The molecule has 0 radical (unpaired) electrons. The average Bonchev–Trinajstić information content (AvgIpc) is 2.79. The van der Waals surface area contributed by atoms with Gasteiger partial charge in [-0.25, -0.2) is 4.79 Å². The third kappa shape index (κ3) is 4.59. The van der Waals surface area contributed by atoms with Crippen LogP contribution in [0.1, 0.15) is 47.9 Å². The molecule has 0 unspecified atom stereocenters. The summed E-state index contributed by atoms with van der Waals surface area (Å²) < 4.78 is 4.77. The van der Waals surface area contributed by atoms with Gasteiger partial charge in [0.1, 0.15) is 0 Å². The second kappa shape index (κ2) is 8.46. The van der Waals surface area contributed by atoms with Crippen molar-refractivity contribution in [3.05, 3.63) is 29.3 Å². The number of carbonyl (C=O) groups is 4. The van der Waals surface area contributed by atoms with E-state index in [9.17, 15) is 19.2 Å². The summed E-state index contributed by atoms with van der Waals surface area (Å²) in [4.78, 5) is 49.0. The first-order chi connectivity index (χ1) is 12.3. The number of hydrogen-bond acceptors (Lipinski definition) is 5. The maximum absolute atomic E-state index is 12.4. The summed E-state index contributed by atoms with van der Waals surface area (Å²) >= 11 is 0. The van der Waals surface area contributed by atoms with Crippen LogP contribution in [0.2, 0.25) is 0 Å². The predicted octanol–water partition coefficient (Wildman–Crippen LogP) is 2.01. The van der Waals surface area contributed by atoms with Crippen LogP contribution < -0.4 is 10.6 Å². The van der Waals surface area contributed by atoms with Crippen LogP contribution in [0.25, 0.3) is 0 Å². The molecule has 0 saturated carbocycles. The van der Waals surface area contributed by atoms with E-state index < -0.39 is 6.03 Å². The van der Waals surface area contributed by atoms with Crippen LogP contribution in [0.3, 0.4) is 0 Å². The van der Waals surface area contributed by atoms with Gasteiger partial charge < -0.3 is 15.4 Å². The van der Waals surface area contributed by atoms with Gasteiger partial charge in [-0.3, -0.25) is 19.3 Å². The minimum atomic E-state index is -0.509. The number of nitrogens with zero attached hydrogens (tertiary/aromatic N) is 1. The quantitative estimate of drug-likeness (QED) is 0.571. The fourth-order valence-corrected chi connectivity index (χ4v) is 2.59. The number of urea groups is 1. The fraction of sp³-hybridized carbons (Fsp3) is 0.444. The second-order valence-electron chi connectivity index (χ2n) is 6.31. The number of ether oxygens (including phenoxy) is 1. The first-order valence-electron chi connectivity index (χ1n) is 8.54. The SMILES string of the molecule is CCOC(=O)CCNC(=O)Nc1ccc2c(c1)C(=O)N(CC(C)C)C2=O. The molecule has 1 aliphatic rings. The minimum Gasteiger partial charge on any atom is -0.466 e. The molecule has 0 bridgehead atoms. The normalized spacial score (nSPS) is 13.0. The zero-order valence-electron chi connectivity index (χ0n) is 15.1. The van der Waals surface area contributed by atoms with Gasteiger partial charge in [-0.1, -0.05) is 13.8 Å². The predicted molar refractivity (Wildman–Crippen MR) is 94.9 cm³/mol. The maximum atomic E-state index is 12.4. The van der Waals surface area contributed by atoms with Crippen molar-refractivity contribution < 1.29 is 23.9 Å². The Labute approximate surface area is 151 Å². The Morgan fingerprint density at radius 3 is 2.50 bits per heavy atom. The number of benzene rings is 1. The molecule has 0 atom stereocenters. The van der Waals surface area contributed by atoms with Crippen molar-refractivity contribution in [3.63, 3.8) is 0 Å². The van der Waals surface area contributed by atoms with Gasteiger partial charge in [0, 0.05) is 18.8 Å². The van der Waals surface area contributed by atoms with E-state index in [0.29, 0.717) is 24.4 Å². The van der Waals surface area contributed by atoms with E-state index in [-0.39, 0.29) is 42.2 Å². The summed E-state index contributed by atoms with van der Waals surface area (Å²) in [6, 6.07) is 4.07. The Morgan fingerprint density at radius 1 is 1.15 bits per heavy atom. The van der Waals surface area contributed by atoms with Crippen LogP contribution in [0.5, 0.6) is 0 Å². The molecular formula is C18H23N3O5. The van der Waals surface area contributed by atoms with Crippen molar-refractivity contribution in [2.24, 2.45) is 5.92 Å². The van der Waals surface area contributed by atoms with Crippen LogP contribution in [-0.4, -0.2) is 48.4 Å². The number of hydrogen-bond donors (Lipinski definition) is 2. The number of esters is 1. The molecule has 4 amide bonds. The molecule has 1 aromatic rings. The van der Waals surface area contributed by atoms with Crippen molar-refractivity contribution in [2.45, 2.75) is 27.2 Å². The van der Waals surface area contributed by atoms with E-state index in [1.54, 1.807) is 13.0 Å². The molecule has 0 spiro atoms. The van der Waals surface area contributed by atoms with Gasteiger partial charge in [0.15, 0.2) is 0 Å². The van der Waals surface area contributed by atoms with Crippen LogP contribution in [0.4, 0.5) is 10.5 Å². The number of nitrogens with one attached hydrogen (secondary N) is 2. The Balaban J connectivity index is 1.97. The highest BCUT2D eigenvalue weighted by Gasteiger charge is 2.35. The number of imide groups is 1. The standard InChI is InChI=1S/C18H23N3O5/c1-4-26-15(22)7-8-19-18(25)20-12-5-6-13-14(9-12)17(24)21(16(13)23)10-11(2)3/h5-6,9,11H,4,7-8,10H2,1-3H3,(H2,19,20,25). The smallest absolute Gasteiger partial charge is 0.319 e. The molecule has 8 heteroatoms. The third-order valence-corrected chi connectivity index (χ3v) is 3.70. The molecule has 140 valence electrons. The summed E-state index contributed by atoms with van der Waals surface area (Å²) in [6.45, 7) is 6.34. The van der Waals surface area contributed by atoms with E-state index in [2.05, 4.69) is 10.6 Å². The molecular weight excluding hydrogens is 338 g/mol. The van der Waals surface area contributed by atoms with E-state index in [1.165, 1.54) is 17.0 Å². The van der Waals surface area contributed by atoms with E-state index in [1.807, 2.05) is 13.8 Å². The van der Waals surface area contributed by atoms with Crippen LogP contribution in [-0.2, 0) is 9.53 Å². The molecule has 1 aromatic carbocycles. The molecule has 8 nitrogen and oxygen atoms in total. The Bertz CT molecular complexity index is 730. The number of fused-ring (bicyclic) bond motifs is 1. The first-order valence-corrected chi connectivity index (χ1v) is 8.54. The second-order valence-corrected chi connectivity index (χ2v) is 6.31. The Morgan fingerprint density at radius 2 is 1.85 bits per heavy atom. The lowest BCUT2D eigenvalue weighted by Crippen LogP contribution is -2.33. The zero-order chi connectivity index (χ0) is 19.3. The lowest BCUT2D eigenvalue weighted by molar-refractivity contribution is -0.142. The summed E-state index contributed by atoms with van der Waals surface area (Å²) in [5.74, 6) is -0.895. The summed E-state index contributed by atoms with van der Waals surface area (Å²) in [6.07, 6.45) is 0.0720. The van der Waals surface area contributed by atoms with Gasteiger partial charge in [0.05, 0.1) is 24.2 Å². The number of carbonyl (C=O) groups excluding carboxylic acids is 4. The molecule has 0 saturated heterocycles. The Hall–Kier alpha value is -2.90. The molecule has 0 aliphatic carbocycles. The lowest BCUT2D eigenvalue weighted by atomic mass is 10.1. The summed E-state index contributed by atoms with van der Waals surface area (Å²) in [5, 5.41) is 5.11. The molecule has 1 heterocycles. The number of rotatable bonds is 7. The molecule has 2 N–H and O–H groups in total. The first kappa shape index (κ1) is 19.4. The van der Waals surface area contributed by atoms with Crippen molar-refractivity contribution in [3.8, 4) is 0 Å². The van der Waals surface area contributed by atoms with Crippen LogP contribution in [0.15, 0.2) is 18.2 Å². The van der Waals surface area contributed by atoms with Gasteiger partial charge in [-0.05, 0) is 31.0 Å². The van der Waals surface area contributed by atoms with Crippen molar-refractivity contribution >= 4 is 29.5 Å². The number of anilines is 1. The fourth-order valence-electron chi connectivity index (χ4n) is 2.59. The van der Waals surface area contributed by atoms with Crippen molar-refractivity contribution in [1.82, 2.24) is 10.2 Å². The Kier molecular flexibility index (Phi) is 6.32. The van der Waals surface area contributed by atoms with Gasteiger partial charge in [-0.2, -0.15) is 0 Å². The molecule has 1 aliphatic heterocycles. The maximum Gasteiger partial charge on any atom is 0.319 e. The topological polar surface area (TPSA) is 105 Å². The lowest BCUT2D eigenvalue weighted by Gasteiger charge is -2.15. The highest BCUT2D eigenvalue weighted by Crippen LogP contribution is 2.26. The monoisotopic (exact) mass is 361 g/mol. The van der Waals surface area contributed by atoms with Gasteiger partial charge in [0.2, 0.25) is 0 Å². The molecule has 26 heavy (non-hydrogen) atoms. The average molecular weight is 361 g/mol. The van der Waals surface area contributed by atoms with Crippen molar-refractivity contribution in [1.29, 1.82) is 0 Å².